The highest BCUT2D eigenvalue weighted by atomic mass is 32.2. The molecule has 6 heteroatoms. The van der Waals surface area contributed by atoms with Gasteiger partial charge in [0.05, 0.1) is 22.3 Å². The van der Waals surface area contributed by atoms with E-state index in [1.54, 1.807) is 12.1 Å². The van der Waals surface area contributed by atoms with Gasteiger partial charge in [-0.15, -0.1) is 0 Å². The van der Waals surface area contributed by atoms with E-state index in [4.69, 9.17) is 5.26 Å². The molecule has 1 aliphatic heterocycles. The fraction of sp³-hybridized carbons (Fsp3) is 0.611. The molecular weight excluding hydrogens is 322 g/mol. The van der Waals surface area contributed by atoms with Crippen molar-refractivity contribution in [1.29, 1.82) is 5.26 Å². The van der Waals surface area contributed by atoms with Crippen molar-refractivity contribution in [2.45, 2.75) is 30.2 Å². The summed E-state index contributed by atoms with van der Waals surface area (Å²) in [5.74, 6) is 1.59. The fourth-order valence-corrected chi connectivity index (χ4v) is 5.60. The van der Waals surface area contributed by atoms with Gasteiger partial charge in [0.2, 0.25) is 0 Å². The predicted molar refractivity (Wildman–Crippen MR) is 93.3 cm³/mol. The van der Waals surface area contributed by atoms with E-state index < -0.39 is 9.84 Å². The van der Waals surface area contributed by atoms with Gasteiger partial charge in [-0.25, -0.2) is 8.42 Å². The summed E-state index contributed by atoms with van der Waals surface area (Å²) in [6.07, 6.45) is 3.23. The summed E-state index contributed by atoms with van der Waals surface area (Å²) in [6.45, 7) is 3.01. The van der Waals surface area contributed by atoms with Crippen molar-refractivity contribution >= 4 is 9.84 Å². The minimum atomic E-state index is -3.26. The van der Waals surface area contributed by atoms with E-state index in [1.165, 1.54) is 25.0 Å². The Morgan fingerprint density at radius 2 is 1.83 bits per heavy atom. The molecule has 1 aromatic rings. The van der Waals surface area contributed by atoms with E-state index in [2.05, 4.69) is 17.3 Å². The molecule has 1 saturated heterocycles. The van der Waals surface area contributed by atoms with Crippen molar-refractivity contribution < 1.29 is 8.42 Å². The van der Waals surface area contributed by atoms with Crippen LogP contribution in [0.3, 0.4) is 0 Å². The van der Waals surface area contributed by atoms with Gasteiger partial charge in [0.25, 0.3) is 0 Å². The highest BCUT2D eigenvalue weighted by Gasteiger charge is 2.40. The van der Waals surface area contributed by atoms with Crippen LogP contribution in [-0.4, -0.2) is 51.8 Å². The van der Waals surface area contributed by atoms with Crippen LogP contribution in [-0.2, 0) is 9.84 Å². The molecule has 1 aliphatic carbocycles. The maximum atomic E-state index is 12.4. The summed E-state index contributed by atoms with van der Waals surface area (Å²) < 4.78 is 24.8. The van der Waals surface area contributed by atoms with E-state index in [1.807, 2.05) is 6.07 Å². The molecular formula is C18H25N3O2S. The number of benzene rings is 1. The molecule has 2 bridgehead atoms. The lowest BCUT2D eigenvalue weighted by Gasteiger charge is -2.37. The molecule has 2 atom stereocenters. The van der Waals surface area contributed by atoms with Crippen LogP contribution in [0.15, 0.2) is 29.2 Å². The van der Waals surface area contributed by atoms with Crippen molar-refractivity contribution in [3.63, 3.8) is 0 Å². The second-order valence-corrected chi connectivity index (χ2v) is 9.09. The summed E-state index contributed by atoms with van der Waals surface area (Å²) in [7, 11) is -1.21. The molecule has 0 amide bonds. The van der Waals surface area contributed by atoms with Crippen molar-refractivity contribution in [2.24, 2.45) is 11.8 Å². The Morgan fingerprint density at radius 3 is 2.38 bits per heavy atom. The van der Waals surface area contributed by atoms with Crippen LogP contribution in [0.4, 0.5) is 0 Å². The van der Waals surface area contributed by atoms with E-state index in [9.17, 15) is 8.42 Å². The first-order chi connectivity index (χ1) is 11.5. The Kier molecular flexibility index (Phi) is 5.24. The number of nitrogens with zero attached hydrogens (tertiary/aromatic N) is 2. The van der Waals surface area contributed by atoms with Crippen molar-refractivity contribution in [3.8, 4) is 6.07 Å². The van der Waals surface area contributed by atoms with Crippen molar-refractivity contribution in [3.05, 3.63) is 29.8 Å². The zero-order chi connectivity index (χ0) is 17.2. The third kappa shape index (κ3) is 3.64. The number of sulfone groups is 1. The van der Waals surface area contributed by atoms with Gasteiger partial charge < -0.3 is 10.2 Å². The Hall–Kier alpha value is -1.42. The smallest absolute Gasteiger partial charge is 0.178 e. The van der Waals surface area contributed by atoms with Crippen LogP contribution in [0.25, 0.3) is 0 Å². The number of piperidine rings is 1. The number of likely N-dealkylation sites (tertiary alicyclic amines) is 1. The van der Waals surface area contributed by atoms with Crippen LogP contribution >= 0.6 is 0 Å². The number of rotatable bonds is 6. The zero-order valence-corrected chi connectivity index (χ0v) is 14.9. The molecule has 1 aromatic carbocycles. The molecule has 24 heavy (non-hydrogen) atoms. The number of nitrogens with one attached hydrogen (secondary N) is 1. The zero-order valence-electron chi connectivity index (χ0n) is 14.1. The van der Waals surface area contributed by atoms with E-state index in [0.29, 0.717) is 34.8 Å². The molecule has 1 saturated carbocycles. The van der Waals surface area contributed by atoms with Crippen molar-refractivity contribution in [1.82, 2.24) is 10.2 Å². The predicted octanol–water partition coefficient (Wildman–Crippen LogP) is 1.65. The second kappa shape index (κ2) is 7.22. The Labute approximate surface area is 144 Å². The van der Waals surface area contributed by atoms with Crippen LogP contribution in [0.5, 0.6) is 0 Å². The fourth-order valence-electron chi connectivity index (χ4n) is 4.31. The largest absolute Gasteiger partial charge is 0.316 e. The van der Waals surface area contributed by atoms with Gasteiger partial charge in [-0.3, -0.25) is 0 Å². The average molecular weight is 347 g/mol. The topological polar surface area (TPSA) is 73.2 Å². The summed E-state index contributed by atoms with van der Waals surface area (Å²) in [5, 5.41) is 12.2. The second-order valence-electron chi connectivity index (χ2n) is 6.98. The van der Waals surface area contributed by atoms with Crippen LogP contribution in [0.1, 0.15) is 24.8 Å². The van der Waals surface area contributed by atoms with Gasteiger partial charge in [0, 0.05) is 19.1 Å². The van der Waals surface area contributed by atoms with Gasteiger partial charge in [-0.2, -0.15) is 5.26 Å². The standard InChI is InChI=1S/C18H25N3O2S/c1-20-18-15-5-6-16(18)13-21(12-15)9-2-10-24(22,23)17-7-3-14(11-19)4-8-17/h3-4,7-8,15-16,18,20H,2,5-6,9-10,12-13H2,1H3. The van der Waals surface area contributed by atoms with Crippen LogP contribution in [0, 0.1) is 23.2 Å². The van der Waals surface area contributed by atoms with Gasteiger partial charge in [0.15, 0.2) is 9.84 Å². The highest BCUT2D eigenvalue weighted by Crippen LogP contribution is 2.36. The summed E-state index contributed by atoms with van der Waals surface area (Å²) in [6, 6.07) is 8.84. The third-order valence-corrected chi connectivity index (χ3v) is 7.29. The monoisotopic (exact) mass is 347 g/mol. The molecule has 2 fully saturated rings. The lowest BCUT2D eigenvalue weighted by molar-refractivity contribution is 0.134. The molecule has 0 spiro atoms. The van der Waals surface area contributed by atoms with E-state index in [0.717, 1.165) is 19.6 Å². The Balaban J connectivity index is 1.52. The number of nitriles is 1. The summed E-state index contributed by atoms with van der Waals surface area (Å²) >= 11 is 0. The lowest BCUT2D eigenvalue weighted by Crippen LogP contribution is -2.50. The quantitative estimate of drug-likeness (QED) is 0.847. The molecule has 5 nitrogen and oxygen atoms in total. The Morgan fingerprint density at radius 1 is 1.21 bits per heavy atom. The van der Waals surface area contributed by atoms with Crippen LogP contribution < -0.4 is 5.32 Å². The van der Waals surface area contributed by atoms with Crippen molar-refractivity contribution in [2.75, 3.05) is 32.4 Å². The van der Waals surface area contributed by atoms with Crippen LogP contribution in [0.2, 0.25) is 0 Å². The molecule has 2 aliphatic rings. The molecule has 3 rings (SSSR count). The highest BCUT2D eigenvalue weighted by molar-refractivity contribution is 7.91. The lowest BCUT2D eigenvalue weighted by atomic mass is 9.92. The minimum Gasteiger partial charge on any atom is -0.316 e. The van der Waals surface area contributed by atoms with Gasteiger partial charge >= 0.3 is 0 Å². The molecule has 130 valence electrons. The first-order valence-electron chi connectivity index (χ1n) is 8.66. The minimum absolute atomic E-state index is 0.167. The molecule has 1 N–H and O–H groups in total. The number of hydrogen-bond acceptors (Lipinski definition) is 5. The molecule has 0 aromatic heterocycles. The van der Waals surface area contributed by atoms with E-state index >= 15 is 0 Å². The molecule has 1 heterocycles. The first kappa shape index (κ1) is 17.4. The maximum Gasteiger partial charge on any atom is 0.178 e. The van der Waals surface area contributed by atoms with Gasteiger partial charge in [0.1, 0.15) is 0 Å². The third-order valence-electron chi connectivity index (χ3n) is 5.47. The number of hydrogen-bond donors (Lipinski definition) is 1. The maximum absolute atomic E-state index is 12.4. The average Bonchev–Trinajstić information content (AvgIpc) is 2.84. The molecule has 2 unspecified atom stereocenters. The van der Waals surface area contributed by atoms with Gasteiger partial charge in [-0.05, 0) is 69.0 Å². The van der Waals surface area contributed by atoms with Gasteiger partial charge in [-0.1, -0.05) is 0 Å². The molecule has 0 radical (unpaired) electrons. The SMILES string of the molecule is CNC1C2CCC1CN(CCCS(=O)(=O)c1ccc(C#N)cc1)C2. The Bertz CT molecular complexity index is 695. The summed E-state index contributed by atoms with van der Waals surface area (Å²) in [5.41, 5.74) is 0.483. The first-order valence-corrected chi connectivity index (χ1v) is 10.3. The number of fused-ring (bicyclic) bond motifs is 2. The van der Waals surface area contributed by atoms with E-state index in [-0.39, 0.29) is 5.75 Å². The summed E-state index contributed by atoms with van der Waals surface area (Å²) in [4.78, 5) is 2.75. The normalized spacial score (nSPS) is 27.1.